The van der Waals surface area contributed by atoms with Crippen molar-refractivity contribution in [1.29, 1.82) is 0 Å². The Balaban J connectivity index is 1.90. The Morgan fingerprint density at radius 3 is 1.95 bits per heavy atom. The van der Waals surface area contributed by atoms with Crippen LogP contribution >= 0.6 is 23.6 Å². The molecule has 104 valence electrons. The predicted octanol–water partition coefficient (Wildman–Crippen LogP) is 5.05. The van der Waals surface area contributed by atoms with Gasteiger partial charge in [-0.05, 0) is 41.0 Å². The molecule has 0 aliphatic rings. The molecular weight excluding hydrogens is 304 g/mol. The first-order valence-corrected chi connectivity index (χ1v) is 7.40. The minimum Gasteiger partial charge on any atom is -0.343 e. The lowest BCUT2D eigenvalue weighted by atomic mass is 10.0. The summed E-state index contributed by atoms with van der Waals surface area (Å²) in [6.07, 6.45) is 1.90. The number of H-pyrrole nitrogens is 1. The zero-order valence-electron chi connectivity index (χ0n) is 10.8. The van der Waals surface area contributed by atoms with Crippen LogP contribution in [0.1, 0.15) is 0 Å². The van der Waals surface area contributed by atoms with E-state index in [0.29, 0.717) is 0 Å². The summed E-state index contributed by atoms with van der Waals surface area (Å²) < 4.78 is 0.754. The van der Waals surface area contributed by atoms with Crippen molar-refractivity contribution >= 4 is 29.2 Å². The van der Waals surface area contributed by atoms with E-state index in [1.807, 2.05) is 30.5 Å². The summed E-state index contributed by atoms with van der Waals surface area (Å²) in [5.41, 5.74) is 3.17. The third-order valence-corrected chi connectivity index (χ3v) is 4.35. The van der Waals surface area contributed by atoms with Crippen molar-refractivity contribution < 1.29 is 4.92 Å². The van der Waals surface area contributed by atoms with Crippen molar-refractivity contribution in [3.8, 4) is 21.6 Å². The molecule has 0 atom stereocenters. The fourth-order valence-electron chi connectivity index (χ4n) is 2.03. The maximum atomic E-state index is 10.6. The molecule has 1 heterocycles. The highest BCUT2D eigenvalue weighted by atomic mass is 32.1. The van der Waals surface area contributed by atoms with Crippen LogP contribution in [-0.2, 0) is 0 Å². The fraction of sp³-hybridized carbons (Fsp3) is 0. The van der Waals surface area contributed by atoms with Gasteiger partial charge in [-0.2, -0.15) is 0 Å². The number of thiazole rings is 1. The van der Waals surface area contributed by atoms with Crippen molar-refractivity contribution in [2.75, 3.05) is 0 Å². The van der Waals surface area contributed by atoms with Crippen molar-refractivity contribution in [2.45, 2.75) is 0 Å². The van der Waals surface area contributed by atoms with Crippen LogP contribution in [0.3, 0.4) is 0 Å². The molecule has 0 amide bonds. The molecule has 6 heteroatoms. The van der Waals surface area contributed by atoms with Gasteiger partial charge in [0.1, 0.15) is 0 Å². The molecule has 0 saturated heterocycles. The van der Waals surface area contributed by atoms with Crippen LogP contribution < -0.4 is 0 Å². The standard InChI is InChI=1S/C15H10N2O2S2/c18-17(19)13-7-5-11(6-8-13)10-1-3-12(4-2-10)14-9-16-15(20)21-14/h1-9H,(H,16,20). The number of nitrogens with zero attached hydrogens (tertiary/aromatic N) is 1. The largest absolute Gasteiger partial charge is 0.343 e. The zero-order chi connectivity index (χ0) is 14.8. The van der Waals surface area contributed by atoms with Crippen LogP contribution in [0.4, 0.5) is 5.69 Å². The molecule has 0 saturated carbocycles. The Hall–Kier alpha value is -2.31. The lowest BCUT2D eigenvalue weighted by molar-refractivity contribution is -0.384. The van der Waals surface area contributed by atoms with E-state index in [1.165, 1.54) is 23.5 Å². The highest BCUT2D eigenvalue weighted by molar-refractivity contribution is 7.73. The molecule has 0 aliphatic carbocycles. The van der Waals surface area contributed by atoms with Gasteiger partial charge in [-0.15, -0.1) is 11.3 Å². The number of hydrogen-bond acceptors (Lipinski definition) is 4. The second-order valence-corrected chi connectivity index (χ2v) is 6.14. The second-order valence-electron chi connectivity index (χ2n) is 4.42. The van der Waals surface area contributed by atoms with Crippen molar-refractivity contribution in [1.82, 2.24) is 4.98 Å². The van der Waals surface area contributed by atoms with Gasteiger partial charge in [0, 0.05) is 18.3 Å². The maximum Gasteiger partial charge on any atom is 0.269 e. The number of nitro benzene ring substituents is 1. The Morgan fingerprint density at radius 2 is 1.48 bits per heavy atom. The monoisotopic (exact) mass is 314 g/mol. The Labute approximate surface area is 129 Å². The van der Waals surface area contributed by atoms with Crippen LogP contribution in [0, 0.1) is 14.1 Å². The molecule has 2 aromatic carbocycles. The molecule has 0 aliphatic heterocycles. The van der Waals surface area contributed by atoms with Crippen molar-refractivity contribution in [2.24, 2.45) is 0 Å². The summed E-state index contributed by atoms with van der Waals surface area (Å²) in [4.78, 5) is 14.3. The van der Waals surface area contributed by atoms with Crippen LogP contribution in [0.15, 0.2) is 54.7 Å². The van der Waals surface area contributed by atoms with Gasteiger partial charge in [0.15, 0.2) is 3.95 Å². The van der Waals surface area contributed by atoms with Gasteiger partial charge in [-0.3, -0.25) is 10.1 Å². The van der Waals surface area contributed by atoms with E-state index in [9.17, 15) is 10.1 Å². The number of nitro groups is 1. The quantitative estimate of drug-likeness (QED) is 0.418. The van der Waals surface area contributed by atoms with E-state index in [-0.39, 0.29) is 5.69 Å². The number of hydrogen-bond donors (Lipinski definition) is 1. The second kappa shape index (κ2) is 5.59. The summed E-state index contributed by atoms with van der Waals surface area (Å²) in [5.74, 6) is 0. The molecule has 0 fully saturated rings. The zero-order valence-corrected chi connectivity index (χ0v) is 12.4. The minimum absolute atomic E-state index is 0.0995. The first-order valence-electron chi connectivity index (χ1n) is 6.17. The molecule has 4 nitrogen and oxygen atoms in total. The number of non-ortho nitro benzene ring substituents is 1. The molecular formula is C15H10N2O2S2. The number of aromatic amines is 1. The topological polar surface area (TPSA) is 58.9 Å². The Morgan fingerprint density at radius 1 is 0.952 bits per heavy atom. The maximum absolute atomic E-state index is 10.6. The third kappa shape index (κ3) is 2.91. The SMILES string of the molecule is O=[N+]([O-])c1ccc(-c2ccc(-c3c[nH]c(=S)s3)cc2)cc1. The summed E-state index contributed by atoms with van der Waals surface area (Å²) in [6.45, 7) is 0. The van der Waals surface area contributed by atoms with E-state index in [1.54, 1.807) is 12.1 Å². The predicted molar refractivity (Wildman–Crippen MR) is 87.0 cm³/mol. The van der Waals surface area contributed by atoms with Crippen LogP contribution in [0.2, 0.25) is 0 Å². The fourth-order valence-corrected chi connectivity index (χ4v) is 3.05. The lowest BCUT2D eigenvalue weighted by Gasteiger charge is -2.03. The van der Waals surface area contributed by atoms with Gasteiger partial charge >= 0.3 is 0 Å². The van der Waals surface area contributed by atoms with Crippen molar-refractivity contribution in [3.05, 3.63) is 68.8 Å². The number of aromatic nitrogens is 1. The molecule has 0 unspecified atom stereocenters. The molecule has 3 rings (SSSR count). The molecule has 0 radical (unpaired) electrons. The number of benzene rings is 2. The summed E-state index contributed by atoms with van der Waals surface area (Å²) in [6, 6.07) is 14.6. The van der Waals surface area contributed by atoms with Gasteiger partial charge in [-0.25, -0.2) is 0 Å². The molecule has 21 heavy (non-hydrogen) atoms. The molecule has 3 aromatic rings. The summed E-state index contributed by atoms with van der Waals surface area (Å²) >= 11 is 6.61. The first kappa shape index (κ1) is 13.7. The lowest BCUT2D eigenvalue weighted by Crippen LogP contribution is -1.87. The van der Waals surface area contributed by atoms with E-state index in [2.05, 4.69) is 4.98 Å². The van der Waals surface area contributed by atoms with E-state index >= 15 is 0 Å². The van der Waals surface area contributed by atoms with Gasteiger partial charge in [0.05, 0.1) is 9.80 Å². The van der Waals surface area contributed by atoms with Gasteiger partial charge in [0.25, 0.3) is 5.69 Å². The van der Waals surface area contributed by atoms with Gasteiger partial charge in [-0.1, -0.05) is 24.3 Å². The van der Waals surface area contributed by atoms with Crippen LogP contribution in [0.25, 0.3) is 21.6 Å². The smallest absolute Gasteiger partial charge is 0.269 e. The molecule has 1 aromatic heterocycles. The Bertz CT molecular complexity index is 833. The van der Waals surface area contributed by atoms with Gasteiger partial charge < -0.3 is 4.98 Å². The molecule has 1 N–H and O–H groups in total. The summed E-state index contributed by atoms with van der Waals surface area (Å²) in [5, 5.41) is 10.6. The number of rotatable bonds is 3. The van der Waals surface area contributed by atoms with E-state index < -0.39 is 4.92 Å². The normalized spacial score (nSPS) is 10.5. The minimum atomic E-state index is -0.396. The molecule has 0 bridgehead atoms. The highest BCUT2D eigenvalue weighted by Gasteiger charge is 2.06. The summed E-state index contributed by atoms with van der Waals surface area (Å²) in [7, 11) is 0. The number of nitrogens with one attached hydrogen (secondary N) is 1. The highest BCUT2D eigenvalue weighted by Crippen LogP contribution is 2.28. The first-order chi connectivity index (χ1) is 10.1. The molecule has 0 spiro atoms. The van der Waals surface area contributed by atoms with Crippen LogP contribution in [0.5, 0.6) is 0 Å². The Kier molecular flexibility index (Phi) is 3.64. The van der Waals surface area contributed by atoms with Gasteiger partial charge in [0.2, 0.25) is 0 Å². The van der Waals surface area contributed by atoms with E-state index in [4.69, 9.17) is 12.2 Å². The van der Waals surface area contributed by atoms with Crippen molar-refractivity contribution in [3.63, 3.8) is 0 Å². The van der Waals surface area contributed by atoms with Crippen LogP contribution in [-0.4, -0.2) is 9.91 Å². The third-order valence-electron chi connectivity index (χ3n) is 3.10. The average molecular weight is 314 g/mol. The average Bonchev–Trinajstić information content (AvgIpc) is 2.94. The van der Waals surface area contributed by atoms with E-state index in [0.717, 1.165) is 25.5 Å².